The molecule has 2 fully saturated rings. The first-order valence-electron chi connectivity index (χ1n) is 7.69. The minimum atomic E-state index is -3.40. The molecule has 8 heteroatoms. The summed E-state index contributed by atoms with van der Waals surface area (Å²) in [6.07, 6.45) is 0.515. The Kier molecular flexibility index (Phi) is 3.78. The van der Waals surface area contributed by atoms with E-state index >= 15 is 0 Å². The van der Waals surface area contributed by atoms with E-state index in [4.69, 9.17) is 9.31 Å². The van der Waals surface area contributed by atoms with Crippen molar-refractivity contribution in [1.82, 2.24) is 0 Å². The van der Waals surface area contributed by atoms with Gasteiger partial charge in [0.05, 0.1) is 22.6 Å². The molecule has 0 N–H and O–H groups in total. The minimum absolute atomic E-state index is 0.0609. The first kappa shape index (κ1) is 16.7. The highest BCUT2D eigenvalue weighted by atomic mass is 32.2. The molecule has 126 valence electrons. The van der Waals surface area contributed by atoms with Gasteiger partial charge in [-0.3, -0.25) is 4.31 Å². The van der Waals surface area contributed by atoms with Gasteiger partial charge in [-0.1, -0.05) is 6.07 Å². The van der Waals surface area contributed by atoms with Crippen molar-refractivity contribution in [2.45, 2.75) is 45.3 Å². The summed E-state index contributed by atoms with van der Waals surface area (Å²) in [6.45, 7) is 8.02. The number of hydrogen-bond acceptors (Lipinski definition) is 4. The van der Waals surface area contributed by atoms with Crippen LogP contribution in [0, 0.1) is 5.82 Å². The first-order chi connectivity index (χ1) is 10.5. The normalized spacial score (nSPS) is 25.1. The topological polar surface area (TPSA) is 55.8 Å². The van der Waals surface area contributed by atoms with Crippen molar-refractivity contribution in [3.63, 3.8) is 0 Å². The molecule has 0 radical (unpaired) electrons. The van der Waals surface area contributed by atoms with Gasteiger partial charge in [-0.05, 0) is 51.7 Å². The first-order valence-corrected chi connectivity index (χ1v) is 9.30. The van der Waals surface area contributed by atoms with E-state index in [-0.39, 0.29) is 11.4 Å². The van der Waals surface area contributed by atoms with E-state index in [1.807, 2.05) is 27.7 Å². The summed E-state index contributed by atoms with van der Waals surface area (Å²) in [5, 5.41) is 0. The SMILES string of the molecule is CC1(C)OB(c2ccc(N3CCCS3(=O)=O)c(F)c2)OC1(C)C. The van der Waals surface area contributed by atoms with Crippen LogP contribution in [-0.2, 0) is 19.3 Å². The molecule has 5 nitrogen and oxygen atoms in total. The Hall–Kier alpha value is -1.12. The number of nitrogens with zero attached hydrogens (tertiary/aromatic N) is 1. The molecule has 0 aliphatic carbocycles. The quantitative estimate of drug-likeness (QED) is 0.768. The summed E-state index contributed by atoms with van der Waals surface area (Å²) in [4.78, 5) is 0. The van der Waals surface area contributed by atoms with Crippen molar-refractivity contribution in [3.05, 3.63) is 24.0 Å². The number of anilines is 1. The molecule has 0 bridgehead atoms. The second-order valence-corrected chi connectivity index (χ2v) is 9.05. The highest BCUT2D eigenvalue weighted by Gasteiger charge is 2.51. The maximum atomic E-state index is 14.5. The summed E-state index contributed by atoms with van der Waals surface area (Å²) >= 11 is 0. The Labute approximate surface area is 137 Å². The maximum absolute atomic E-state index is 14.5. The number of sulfonamides is 1. The zero-order valence-electron chi connectivity index (χ0n) is 13.8. The highest BCUT2D eigenvalue weighted by molar-refractivity contribution is 7.93. The smallest absolute Gasteiger partial charge is 0.399 e. The predicted molar refractivity (Wildman–Crippen MR) is 87.9 cm³/mol. The molecule has 0 atom stereocenters. The number of rotatable bonds is 2. The molecule has 0 aromatic heterocycles. The van der Waals surface area contributed by atoms with E-state index in [9.17, 15) is 12.8 Å². The zero-order chi connectivity index (χ0) is 17.0. The van der Waals surface area contributed by atoms with Crippen LogP contribution in [0.15, 0.2) is 18.2 Å². The largest absolute Gasteiger partial charge is 0.494 e. The van der Waals surface area contributed by atoms with Crippen molar-refractivity contribution < 1.29 is 22.1 Å². The Morgan fingerprint density at radius 3 is 2.26 bits per heavy atom. The van der Waals surface area contributed by atoms with Crippen LogP contribution in [-0.4, -0.2) is 39.0 Å². The van der Waals surface area contributed by atoms with Gasteiger partial charge in [-0.2, -0.15) is 0 Å². The third-order valence-corrected chi connectivity index (χ3v) is 6.72. The van der Waals surface area contributed by atoms with Gasteiger partial charge in [0.25, 0.3) is 0 Å². The van der Waals surface area contributed by atoms with Crippen molar-refractivity contribution in [2.24, 2.45) is 0 Å². The lowest BCUT2D eigenvalue weighted by Gasteiger charge is -2.32. The predicted octanol–water partition coefficient (Wildman–Crippen LogP) is 1.66. The lowest BCUT2D eigenvalue weighted by atomic mass is 9.79. The van der Waals surface area contributed by atoms with Crippen molar-refractivity contribution in [2.75, 3.05) is 16.6 Å². The van der Waals surface area contributed by atoms with E-state index in [2.05, 4.69) is 0 Å². The van der Waals surface area contributed by atoms with Gasteiger partial charge in [0.1, 0.15) is 5.82 Å². The van der Waals surface area contributed by atoms with Crippen molar-refractivity contribution in [1.29, 1.82) is 0 Å². The van der Waals surface area contributed by atoms with Gasteiger partial charge >= 0.3 is 7.12 Å². The monoisotopic (exact) mass is 341 g/mol. The molecule has 0 amide bonds. The highest BCUT2D eigenvalue weighted by Crippen LogP contribution is 2.36. The number of halogens is 1. The number of hydrogen-bond donors (Lipinski definition) is 0. The van der Waals surface area contributed by atoms with Crippen LogP contribution in [0.2, 0.25) is 0 Å². The van der Waals surface area contributed by atoms with E-state index in [0.717, 1.165) is 4.31 Å². The molecule has 0 saturated carbocycles. The van der Waals surface area contributed by atoms with Gasteiger partial charge in [-0.15, -0.1) is 0 Å². The van der Waals surface area contributed by atoms with Crippen molar-refractivity contribution >= 4 is 28.3 Å². The molecule has 1 aromatic rings. The fourth-order valence-corrected chi connectivity index (χ4v) is 4.33. The lowest BCUT2D eigenvalue weighted by molar-refractivity contribution is 0.00578. The van der Waals surface area contributed by atoms with Crippen LogP contribution < -0.4 is 9.77 Å². The maximum Gasteiger partial charge on any atom is 0.494 e. The molecule has 2 heterocycles. The van der Waals surface area contributed by atoms with E-state index in [1.165, 1.54) is 12.1 Å². The van der Waals surface area contributed by atoms with Crippen LogP contribution >= 0.6 is 0 Å². The fourth-order valence-electron chi connectivity index (χ4n) is 2.76. The second kappa shape index (κ2) is 5.19. The summed E-state index contributed by atoms with van der Waals surface area (Å²) in [5.41, 5.74) is -0.389. The third kappa shape index (κ3) is 2.77. The van der Waals surface area contributed by atoms with Gasteiger partial charge in [0, 0.05) is 6.54 Å². The molecular weight excluding hydrogens is 320 g/mol. The van der Waals surface area contributed by atoms with E-state index in [0.29, 0.717) is 18.4 Å². The van der Waals surface area contributed by atoms with Crippen LogP contribution in [0.25, 0.3) is 0 Å². The average Bonchev–Trinajstić information content (AvgIpc) is 2.86. The Bertz CT molecular complexity index is 719. The third-order valence-electron chi connectivity index (χ3n) is 4.87. The molecule has 0 unspecified atom stereocenters. The molecule has 2 saturated heterocycles. The Morgan fingerprint density at radius 1 is 1.17 bits per heavy atom. The molecular formula is C15H21BFNO4S. The molecule has 0 spiro atoms. The second-order valence-electron chi connectivity index (χ2n) is 7.04. The summed E-state index contributed by atoms with van der Waals surface area (Å²) in [6, 6.07) is 4.44. The average molecular weight is 341 g/mol. The molecule has 2 aliphatic heterocycles. The summed E-state index contributed by atoms with van der Waals surface area (Å²) in [7, 11) is -4.07. The summed E-state index contributed by atoms with van der Waals surface area (Å²) in [5.74, 6) is -0.520. The van der Waals surface area contributed by atoms with Gasteiger partial charge in [0.15, 0.2) is 0 Å². The van der Waals surface area contributed by atoms with E-state index < -0.39 is 34.2 Å². The van der Waals surface area contributed by atoms with Crippen LogP contribution in [0.4, 0.5) is 10.1 Å². The van der Waals surface area contributed by atoms with Crippen molar-refractivity contribution in [3.8, 4) is 0 Å². The molecule has 23 heavy (non-hydrogen) atoms. The fraction of sp³-hybridized carbons (Fsp3) is 0.600. The number of benzene rings is 1. The molecule has 3 rings (SSSR count). The Balaban J connectivity index is 1.89. The van der Waals surface area contributed by atoms with Gasteiger partial charge in [-0.25, -0.2) is 12.8 Å². The van der Waals surface area contributed by atoms with Gasteiger partial charge in [0.2, 0.25) is 10.0 Å². The van der Waals surface area contributed by atoms with Gasteiger partial charge < -0.3 is 9.31 Å². The summed E-state index contributed by atoms with van der Waals surface area (Å²) < 4.78 is 51.3. The van der Waals surface area contributed by atoms with E-state index in [1.54, 1.807) is 6.07 Å². The lowest BCUT2D eigenvalue weighted by Crippen LogP contribution is -2.41. The zero-order valence-corrected chi connectivity index (χ0v) is 14.6. The molecule has 1 aromatic carbocycles. The van der Waals surface area contributed by atoms with Crippen LogP contribution in [0.3, 0.4) is 0 Å². The standard InChI is InChI=1S/C15H21BFNO4S/c1-14(2)15(3,4)22-16(21-14)11-6-7-13(12(17)10-11)18-8-5-9-23(18,19)20/h6-7,10H,5,8-9H2,1-4H3. The van der Waals surface area contributed by atoms with Crippen LogP contribution in [0.1, 0.15) is 34.1 Å². The Morgan fingerprint density at radius 2 is 1.78 bits per heavy atom. The minimum Gasteiger partial charge on any atom is -0.399 e. The van der Waals surface area contributed by atoms with Crippen LogP contribution in [0.5, 0.6) is 0 Å². The molecule has 2 aliphatic rings.